The number of rotatable bonds is 7. The van der Waals surface area contributed by atoms with Gasteiger partial charge in [-0.3, -0.25) is 4.79 Å². The Labute approximate surface area is 173 Å². The fourth-order valence-electron chi connectivity index (χ4n) is 2.74. The number of ketones is 1. The Morgan fingerprint density at radius 1 is 0.833 bits per heavy atom. The molecule has 0 unspecified atom stereocenters. The summed E-state index contributed by atoms with van der Waals surface area (Å²) < 4.78 is 5.80. The van der Waals surface area contributed by atoms with Crippen molar-refractivity contribution in [3.8, 4) is 11.5 Å². The number of nitrogens with zero attached hydrogens (tertiary/aromatic N) is 3. The summed E-state index contributed by atoms with van der Waals surface area (Å²) in [6.07, 6.45) is 1.53. The Balaban J connectivity index is 1.43. The first kappa shape index (κ1) is 19.1. The molecule has 7 heteroatoms. The summed E-state index contributed by atoms with van der Waals surface area (Å²) in [5, 5.41) is 14.2. The van der Waals surface area contributed by atoms with E-state index < -0.39 is 0 Å². The van der Waals surface area contributed by atoms with E-state index in [1.807, 2.05) is 60.7 Å². The molecule has 0 saturated carbocycles. The Morgan fingerprint density at radius 2 is 1.60 bits per heavy atom. The fourth-order valence-corrected chi connectivity index (χ4v) is 2.74. The molecule has 4 aromatic rings. The van der Waals surface area contributed by atoms with E-state index in [-0.39, 0.29) is 5.78 Å². The smallest absolute Gasteiger partial charge is 0.249 e. The van der Waals surface area contributed by atoms with Crippen LogP contribution in [0.3, 0.4) is 0 Å². The highest BCUT2D eigenvalue weighted by Gasteiger charge is 2.05. The van der Waals surface area contributed by atoms with Gasteiger partial charge in [-0.25, -0.2) is 0 Å². The van der Waals surface area contributed by atoms with Crippen molar-refractivity contribution in [2.75, 3.05) is 10.6 Å². The highest BCUT2D eigenvalue weighted by Crippen LogP contribution is 2.24. The lowest BCUT2D eigenvalue weighted by Crippen LogP contribution is -2.03. The number of ether oxygens (including phenoxy) is 1. The van der Waals surface area contributed by atoms with E-state index in [1.165, 1.54) is 13.1 Å². The lowest BCUT2D eigenvalue weighted by Gasteiger charge is -2.09. The predicted molar refractivity (Wildman–Crippen MR) is 116 cm³/mol. The number of benzene rings is 3. The van der Waals surface area contributed by atoms with Gasteiger partial charge in [0.25, 0.3) is 0 Å². The monoisotopic (exact) mass is 397 g/mol. The van der Waals surface area contributed by atoms with Gasteiger partial charge in [0.2, 0.25) is 5.95 Å². The van der Waals surface area contributed by atoms with Crippen LogP contribution in [0.15, 0.2) is 85.1 Å². The van der Waals surface area contributed by atoms with Crippen LogP contribution in [0.25, 0.3) is 0 Å². The number of para-hydroxylation sites is 1. The Bertz CT molecular complexity index is 1150. The third kappa shape index (κ3) is 4.96. The number of hydrogen-bond acceptors (Lipinski definition) is 7. The number of anilines is 4. The van der Waals surface area contributed by atoms with Gasteiger partial charge in [-0.05, 0) is 55.5 Å². The lowest BCUT2D eigenvalue weighted by atomic mass is 10.1. The molecule has 0 aliphatic rings. The summed E-state index contributed by atoms with van der Waals surface area (Å²) in [5.74, 6) is 2.37. The lowest BCUT2D eigenvalue weighted by molar-refractivity contribution is 0.101. The van der Waals surface area contributed by atoms with Crippen molar-refractivity contribution >= 4 is 28.9 Å². The highest BCUT2D eigenvalue weighted by molar-refractivity contribution is 5.95. The zero-order valence-electron chi connectivity index (χ0n) is 16.2. The van der Waals surface area contributed by atoms with Crippen LogP contribution in [0.2, 0.25) is 0 Å². The molecule has 0 saturated heterocycles. The van der Waals surface area contributed by atoms with E-state index in [4.69, 9.17) is 4.74 Å². The van der Waals surface area contributed by atoms with E-state index in [2.05, 4.69) is 25.8 Å². The van der Waals surface area contributed by atoms with Crippen molar-refractivity contribution in [2.45, 2.75) is 6.92 Å². The molecule has 7 nitrogen and oxygen atoms in total. The van der Waals surface area contributed by atoms with Gasteiger partial charge in [-0.2, -0.15) is 10.1 Å². The molecule has 1 aromatic heterocycles. The molecule has 0 bridgehead atoms. The second kappa shape index (κ2) is 8.83. The molecule has 0 atom stereocenters. The molecule has 4 rings (SSSR count). The molecule has 30 heavy (non-hydrogen) atoms. The van der Waals surface area contributed by atoms with Crippen molar-refractivity contribution in [3.05, 3.63) is 90.6 Å². The van der Waals surface area contributed by atoms with E-state index in [9.17, 15) is 4.79 Å². The summed E-state index contributed by atoms with van der Waals surface area (Å²) in [6.45, 7) is 1.53. The average molecular weight is 397 g/mol. The van der Waals surface area contributed by atoms with Crippen molar-refractivity contribution in [2.24, 2.45) is 0 Å². The molecule has 0 spiro atoms. The van der Waals surface area contributed by atoms with E-state index >= 15 is 0 Å². The topological polar surface area (TPSA) is 89.0 Å². The Hall–Kier alpha value is -4.26. The maximum Gasteiger partial charge on any atom is 0.249 e. The number of hydrogen-bond donors (Lipinski definition) is 2. The van der Waals surface area contributed by atoms with Crippen LogP contribution in [0, 0.1) is 0 Å². The van der Waals surface area contributed by atoms with Crippen molar-refractivity contribution in [1.82, 2.24) is 15.2 Å². The first-order valence-electron chi connectivity index (χ1n) is 9.33. The minimum absolute atomic E-state index is 0.00667. The van der Waals surface area contributed by atoms with Crippen LogP contribution >= 0.6 is 0 Å². The molecule has 0 aliphatic heterocycles. The van der Waals surface area contributed by atoms with Gasteiger partial charge >= 0.3 is 0 Å². The molecule has 0 amide bonds. The predicted octanol–water partition coefficient (Wildman–Crippen LogP) is 5.35. The average Bonchev–Trinajstić information content (AvgIpc) is 2.76. The number of carbonyl (C=O) groups is 1. The summed E-state index contributed by atoms with van der Waals surface area (Å²) in [4.78, 5) is 16.0. The van der Waals surface area contributed by atoms with Crippen LogP contribution in [0.5, 0.6) is 11.5 Å². The zero-order valence-corrected chi connectivity index (χ0v) is 16.2. The summed E-state index contributed by atoms with van der Waals surface area (Å²) in [6, 6.07) is 24.3. The minimum Gasteiger partial charge on any atom is -0.457 e. The van der Waals surface area contributed by atoms with Gasteiger partial charge in [0.15, 0.2) is 11.6 Å². The fraction of sp³-hybridized carbons (Fsp3) is 0.0435. The third-order valence-corrected chi connectivity index (χ3v) is 4.19. The molecule has 3 aromatic carbocycles. The number of Topliss-reactive ketones (excluding diaryl/α,β-unsaturated/α-hetero) is 1. The quantitative estimate of drug-likeness (QED) is 0.406. The number of carbonyl (C=O) groups excluding carboxylic acids is 1. The molecule has 0 aliphatic carbocycles. The molecule has 0 fully saturated rings. The summed E-state index contributed by atoms with van der Waals surface area (Å²) >= 11 is 0. The Kier molecular flexibility index (Phi) is 5.61. The van der Waals surface area contributed by atoms with Crippen LogP contribution in [0.1, 0.15) is 17.3 Å². The third-order valence-electron chi connectivity index (χ3n) is 4.19. The zero-order chi connectivity index (χ0) is 20.8. The second-order valence-electron chi connectivity index (χ2n) is 6.49. The van der Waals surface area contributed by atoms with E-state index in [0.29, 0.717) is 23.0 Å². The van der Waals surface area contributed by atoms with Crippen molar-refractivity contribution in [1.29, 1.82) is 0 Å². The summed E-state index contributed by atoms with van der Waals surface area (Å²) in [5.41, 5.74) is 2.16. The number of nitrogens with one attached hydrogen (secondary N) is 2. The van der Waals surface area contributed by atoms with E-state index in [0.717, 1.165) is 17.2 Å². The first-order chi connectivity index (χ1) is 14.7. The van der Waals surface area contributed by atoms with Gasteiger partial charge in [-0.1, -0.05) is 30.3 Å². The van der Waals surface area contributed by atoms with E-state index in [1.54, 1.807) is 18.2 Å². The van der Waals surface area contributed by atoms with Crippen LogP contribution in [-0.2, 0) is 0 Å². The van der Waals surface area contributed by atoms with Gasteiger partial charge in [0.05, 0.1) is 6.20 Å². The molecule has 148 valence electrons. The first-order valence-corrected chi connectivity index (χ1v) is 9.33. The molecule has 1 heterocycles. The highest BCUT2D eigenvalue weighted by atomic mass is 16.5. The Morgan fingerprint density at radius 3 is 2.37 bits per heavy atom. The van der Waals surface area contributed by atoms with Gasteiger partial charge in [0.1, 0.15) is 11.5 Å². The second-order valence-corrected chi connectivity index (χ2v) is 6.49. The van der Waals surface area contributed by atoms with Gasteiger partial charge in [0, 0.05) is 16.9 Å². The molecular formula is C23H19N5O2. The maximum absolute atomic E-state index is 11.5. The standard InChI is InChI=1S/C23H19N5O2/c1-16(29)17-6-5-7-19(14-17)26-23-27-22(15-24-28-23)25-18-10-12-21(13-11-18)30-20-8-3-2-4-9-20/h2-15H,1H3,(H2,25,26,27,28). The van der Waals surface area contributed by atoms with Crippen molar-refractivity contribution < 1.29 is 9.53 Å². The van der Waals surface area contributed by atoms with Crippen LogP contribution in [0.4, 0.5) is 23.1 Å². The van der Waals surface area contributed by atoms with Crippen LogP contribution < -0.4 is 15.4 Å². The summed E-state index contributed by atoms with van der Waals surface area (Å²) in [7, 11) is 0. The molecule has 2 N–H and O–H groups in total. The molecular weight excluding hydrogens is 378 g/mol. The normalized spacial score (nSPS) is 10.3. The SMILES string of the molecule is CC(=O)c1cccc(Nc2nncc(Nc3ccc(Oc4ccccc4)cc3)n2)c1. The molecule has 0 radical (unpaired) electrons. The van der Waals surface area contributed by atoms with Gasteiger partial charge in [-0.15, -0.1) is 5.10 Å². The maximum atomic E-state index is 11.5. The largest absolute Gasteiger partial charge is 0.457 e. The van der Waals surface area contributed by atoms with Crippen LogP contribution in [-0.4, -0.2) is 21.0 Å². The minimum atomic E-state index is -0.00667. The van der Waals surface area contributed by atoms with Gasteiger partial charge < -0.3 is 15.4 Å². The van der Waals surface area contributed by atoms with Crippen molar-refractivity contribution in [3.63, 3.8) is 0 Å². The number of aromatic nitrogens is 3.